The van der Waals surface area contributed by atoms with Crippen LogP contribution in [0.25, 0.3) is 0 Å². The van der Waals surface area contributed by atoms with Crippen molar-refractivity contribution in [2.45, 2.75) is 51.6 Å². The van der Waals surface area contributed by atoms with Crippen molar-refractivity contribution in [3.8, 4) is 0 Å². The van der Waals surface area contributed by atoms with Crippen molar-refractivity contribution < 1.29 is 5.11 Å². The van der Waals surface area contributed by atoms with E-state index in [1.807, 2.05) is 0 Å². The van der Waals surface area contributed by atoms with Crippen LogP contribution in [-0.2, 0) is 6.42 Å². The molecular formula is C16H25NO. The summed E-state index contributed by atoms with van der Waals surface area (Å²) in [6, 6.07) is 9.79. The van der Waals surface area contributed by atoms with Gasteiger partial charge in [0.25, 0.3) is 0 Å². The summed E-state index contributed by atoms with van der Waals surface area (Å²) in [5.41, 5.74) is 2.76. The van der Waals surface area contributed by atoms with Crippen LogP contribution in [0, 0.1) is 12.8 Å². The second kappa shape index (κ2) is 6.35. The third-order valence-corrected chi connectivity index (χ3v) is 3.79. The van der Waals surface area contributed by atoms with E-state index in [-0.39, 0.29) is 6.61 Å². The van der Waals surface area contributed by atoms with Crippen molar-refractivity contribution >= 4 is 0 Å². The number of aliphatic hydroxyl groups is 1. The predicted molar refractivity (Wildman–Crippen MR) is 75.7 cm³/mol. The summed E-state index contributed by atoms with van der Waals surface area (Å²) in [5, 5.41) is 12.7. The number of aryl methyl sites for hydroxylation is 1. The third-order valence-electron chi connectivity index (χ3n) is 3.79. The van der Waals surface area contributed by atoms with E-state index < -0.39 is 0 Å². The van der Waals surface area contributed by atoms with Crippen LogP contribution in [0.4, 0.5) is 0 Å². The Morgan fingerprint density at radius 3 is 2.78 bits per heavy atom. The Bertz CT molecular complexity index is 373. The smallest absolute Gasteiger partial charge is 0.0445 e. The fourth-order valence-electron chi connectivity index (χ4n) is 2.60. The van der Waals surface area contributed by atoms with E-state index >= 15 is 0 Å². The molecule has 1 saturated carbocycles. The highest BCUT2D eigenvalue weighted by Gasteiger charge is 2.31. The molecule has 1 aliphatic rings. The van der Waals surface area contributed by atoms with Crippen LogP contribution in [0.3, 0.4) is 0 Å². The summed E-state index contributed by atoms with van der Waals surface area (Å²) in [4.78, 5) is 0. The lowest BCUT2D eigenvalue weighted by molar-refractivity contribution is 0.259. The maximum atomic E-state index is 8.99. The van der Waals surface area contributed by atoms with E-state index in [4.69, 9.17) is 5.11 Å². The Labute approximate surface area is 110 Å². The monoisotopic (exact) mass is 247 g/mol. The molecule has 1 aliphatic carbocycles. The molecule has 2 nitrogen and oxygen atoms in total. The lowest BCUT2D eigenvalue weighted by Gasteiger charge is -2.23. The van der Waals surface area contributed by atoms with Crippen molar-refractivity contribution in [1.82, 2.24) is 5.32 Å². The van der Waals surface area contributed by atoms with Gasteiger partial charge in [0.1, 0.15) is 0 Å². The first-order chi connectivity index (χ1) is 8.69. The van der Waals surface area contributed by atoms with Crippen LogP contribution in [0.1, 0.15) is 37.3 Å². The van der Waals surface area contributed by atoms with Crippen molar-refractivity contribution in [3.63, 3.8) is 0 Å². The zero-order valence-electron chi connectivity index (χ0n) is 11.5. The second-order valence-electron chi connectivity index (χ2n) is 5.72. The first-order valence-corrected chi connectivity index (χ1v) is 7.11. The maximum absolute atomic E-state index is 8.99. The molecule has 0 bridgehead atoms. The van der Waals surface area contributed by atoms with E-state index in [9.17, 15) is 0 Å². The molecule has 2 atom stereocenters. The minimum absolute atomic E-state index is 0.274. The Morgan fingerprint density at radius 1 is 1.39 bits per heavy atom. The molecule has 2 heteroatoms. The molecule has 0 aliphatic heterocycles. The van der Waals surface area contributed by atoms with Crippen LogP contribution < -0.4 is 5.32 Å². The molecule has 1 aromatic rings. The topological polar surface area (TPSA) is 32.3 Å². The summed E-state index contributed by atoms with van der Waals surface area (Å²) >= 11 is 0. The average Bonchev–Trinajstić information content (AvgIpc) is 3.12. The van der Waals surface area contributed by atoms with E-state index in [1.165, 1.54) is 24.0 Å². The van der Waals surface area contributed by atoms with Gasteiger partial charge in [-0.25, -0.2) is 0 Å². The van der Waals surface area contributed by atoms with Crippen LogP contribution in [0.15, 0.2) is 24.3 Å². The predicted octanol–water partition coefficient (Wildman–Crippen LogP) is 2.68. The fourth-order valence-corrected chi connectivity index (χ4v) is 2.60. The first-order valence-electron chi connectivity index (χ1n) is 7.11. The molecule has 1 aromatic carbocycles. The Balaban J connectivity index is 1.94. The lowest BCUT2D eigenvalue weighted by atomic mass is 9.99. The standard InChI is InChI=1S/C16H25NO/c1-12-4-3-5-14(10-12)11-16(15-6-7-15)17-13(2)8-9-18/h3-5,10,13,15-18H,6-9,11H2,1-2H3/t13-,16?/m1/s1. The number of hydrogen-bond acceptors (Lipinski definition) is 2. The van der Waals surface area contributed by atoms with Gasteiger partial charge in [-0.05, 0) is 51.0 Å². The highest BCUT2D eigenvalue weighted by Crippen LogP contribution is 2.34. The molecule has 2 rings (SSSR count). The molecule has 1 fully saturated rings. The van der Waals surface area contributed by atoms with E-state index in [2.05, 4.69) is 43.4 Å². The summed E-state index contributed by atoms with van der Waals surface area (Å²) in [7, 11) is 0. The van der Waals surface area contributed by atoms with E-state index in [1.54, 1.807) is 0 Å². The van der Waals surface area contributed by atoms with Crippen molar-refractivity contribution in [2.75, 3.05) is 6.61 Å². The molecule has 0 amide bonds. The minimum Gasteiger partial charge on any atom is -0.396 e. The molecule has 0 radical (unpaired) electrons. The second-order valence-corrected chi connectivity index (χ2v) is 5.72. The first kappa shape index (κ1) is 13.6. The van der Waals surface area contributed by atoms with Crippen molar-refractivity contribution in [2.24, 2.45) is 5.92 Å². The number of nitrogens with one attached hydrogen (secondary N) is 1. The Kier molecular flexibility index (Phi) is 4.79. The van der Waals surface area contributed by atoms with Crippen LogP contribution in [0.2, 0.25) is 0 Å². The van der Waals surface area contributed by atoms with Gasteiger partial charge >= 0.3 is 0 Å². The number of benzene rings is 1. The van der Waals surface area contributed by atoms with Gasteiger partial charge in [-0.2, -0.15) is 0 Å². The zero-order chi connectivity index (χ0) is 13.0. The minimum atomic E-state index is 0.274. The van der Waals surface area contributed by atoms with Gasteiger partial charge in [-0.3, -0.25) is 0 Å². The Hall–Kier alpha value is -0.860. The van der Waals surface area contributed by atoms with Crippen LogP contribution >= 0.6 is 0 Å². The van der Waals surface area contributed by atoms with Gasteiger partial charge < -0.3 is 10.4 Å². The molecular weight excluding hydrogens is 222 g/mol. The summed E-state index contributed by atoms with van der Waals surface area (Å²) in [5.74, 6) is 0.839. The van der Waals surface area contributed by atoms with Gasteiger partial charge in [0.15, 0.2) is 0 Å². The lowest BCUT2D eigenvalue weighted by Crippen LogP contribution is -2.40. The van der Waals surface area contributed by atoms with Gasteiger partial charge in [0.2, 0.25) is 0 Å². The largest absolute Gasteiger partial charge is 0.396 e. The van der Waals surface area contributed by atoms with Gasteiger partial charge in [-0.1, -0.05) is 29.8 Å². The van der Waals surface area contributed by atoms with Crippen molar-refractivity contribution in [1.29, 1.82) is 0 Å². The molecule has 0 saturated heterocycles. The van der Waals surface area contributed by atoms with Crippen LogP contribution in [0.5, 0.6) is 0 Å². The fraction of sp³-hybridized carbons (Fsp3) is 0.625. The number of aliphatic hydroxyl groups excluding tert-OH is 1. The SMILES string of the molecule is Cc1cccc(CC(N[C@H](C)CCO)C2CC2)c1. The number of rotatable bonds is 7. The molecule has 18 heavy (non-hydrogen) atoms. The van der Waals surface area contributed by atoms with Gasteiger partial charge in [-0.15, -0.1) is 0 Å². The molecule has 0 heterocycles. The summed E-state index contributed by atoms with van der Waals surface area (Å²) < 4.78 is 0. The highest BCUT2D eigenvalue weighted by atomic mass is 16.3. The van der Waals surface area contributed by atoms with E-state index in [0.29, 0.717) is 12.1 Å². The highest BCUT2D eigenvalue weighted by molar-refractivity contribution is 5.23. The Morgan fingerprint density at radius 2 is 2.17 bits per heavy atom. The van der Waals surface area contributed by atoms with E-state index in [0.717, 1.165) is 18.8 Å². The molecule has 1 unspecified atom stereocenters. The van der Waals surface area contributed by atoms with Gasteiger partial charge in [0.05, 0.1) is 0 Å². The number of hydrogen-bond donors (Lipinski definition) is 2. The van der Waals surface area contributed by atoms with Crippen molar-refractivity contribution in [3.05, 3.63) is 35.4 Å². The van der Waals surface area contributed by atoms with Crippen LogP contribution in [-0.4, -0.2) is 23.8 Å². The zero-order valence-corrected chi connectivity index (χ0v) is 11.5. The summed E-state index contributed by atoms with van der Waals surface area (Å²) in [6.07, 6.45) is 4.67. The van der Waals surface area contributed by atoms with Gasteiger partial charge in [0, 0.05) is 18.7 Å². The molecule has 100 valence electrons. The molecule has 2 N–H and O–H groups in total. The maximum Gasteiger partial charge on any atom is 0.0445 e. The molecule has 0 spiro atoms. The summed E-state index contributed by atoms with van der Waals surface area (Å²) in [6.45, 7) is 4.59. The third kappa shape index (κ3) is 4.11. The normalized spacial score (nSPS) is 18.6. The average molecular weight is 247 g/mol. The quantitative estimate of drug-likeness (QED) is 0.776. The molecule has 0 aromatic heterocycles.